The minimum atomic E-state index is 0.483. The average Bonchev–Trinajstić information content (AvgIpc) is 3.11. The molecule has 5 nitrogen and oxygen atoms in total. The van der Waals surface area contributed by atoms with Gasteiger partial charge in [0.15, 0.2) is 0 Å². The van der Waals surface area contributed by atoms with E-state index < -0.39 is 0 Å². The van der Waals surface area contributed by atoms with Crippen molar-refractivity contribution in [1.29, 1.82) is 5.26 Å². The van der Waals surface area contributed by atoms with Gasteiger partial charge in [-0.25, -0.2) is 0 Å². The molecule has 0 radical (unpaired) electrons. The predicted octanol–water partition coefficient (Wildman–Crippen LogP) is 3.82. The Bertz CT molecular complexity index is 731. The van der Waals surface area contributed by atoms with Gasteiger partial charge in [0.2, 0.25) is 0 Å². The van der Waals surface area contributed by atoms with Crippen molar-refractivity contribution in [3.63, 3.8) is 0 Å². The summed E-state index contributed by atoms with van der Waals surface area (Å²) in [6.07, 6.45) is 7.81. The number of piperidine rings is 1. The summed E-state index contributed by atoms with van der Waals surface area (Å²) in [5, 5.41) is 17.1. The minimum Gasteiger partial charge on any atom is -0.312 e. The number of nitrogens with one attached hydrogen (secondary N) is 1. The smallest absolute Gasteiger partial charge is 0.0968 e. The maximum atomic E-state index is 8.84. The standard InChI is InChI=1S/C22H31N5/c1-19-9-5-6-14-26(19)15-8-13-24-17-21-18-27(16-7-12-23)25-22(21)20-10-3-2-4-11-20/h2-4,10-11,18-19,24H,5-9,13-17H2,1H3. The molecule has 1 N–H and O–H groups in total. The third-order valence-electron chi connectivity index (χ3n) is 5.39. The van der Waals surface area contributed by atoms with Gasteiger partial charge in [-0.1, -0.05) is 36.8 Å². The van der Waals surface area contributed by atoms with E-state index in [1.54, 1.807) is 0 Å². The number of aromatic nitrogens is 2. The molecule has 2 aromatic rings. The maximum absolute atomic E-state index is 8.84. The number of benzene rings is 1. The third kappa shape index (κ3) is 5.66. The van der Waals surface area contributed by atoms with Gasteiger partial charge >= 0.3 is 0 Å². The lowest BCUT2D eigenvalue weighted by Gasteiger charge is -2.33. The molecular weight excluding hydrogens is 334 g/mol. The average molecular weight is 366 g/mol. The molecule has 144 valence electrons. The van der Waals surface area contributed by atoms with Gasteiger partial charge in [0.05, 0.1) is 24.7 Å². The molecule has 0 aliphatic carbocycles. The first-order chi connectivity index (χ1) is 13.3. The molecule has 2 heterocycles. The highest BCUT2D eigenvalue weighted by Gasteiger charge is 2.17. The van der Waals surface area contributed by atoms with Gasteiger partial charge in [-0.15, -0.1) is 0 Å². The summed E-state index contributed by atoms with van der Waals surface area (Å²) in [5.41, 5.74) is 3.35. The molecule has 0 saturated carbocycles. The highest BCUT2D eigenvalue weighted by Crippen LogP contribution is 2.22. The van der Waals surface area contributed by atoms with Gasteiger partial charge in [0.25, 0.3) is 0 Å². The molecule has 3 rings (SSSR count). The number of aryl methyl sites for hydroxylation is 1. The van der Waals surface area contributed by atoms with Crippen LogP contribution in [0.5, 0.6) is 0 Å². The van der Waals surface area contributed by atoms with Crippen molar-refractivity contribution in [1.82, 2.24) is 20.0 Å². The Balaban J connectivity index is 1.53. The summed E-state index contributed by atoms with van der Waals surface area (Å²) >= 11 is 0. The molecule has 1 aliphatic rings. The van der Waals surface area contributed by atoms with E-state index in [1.807, 2.05) is 22.9 Å². The first-order valence-corrected chi connectivity index (χ1v) is 10.2. The zero-order valence-electron chi connectivity index (χ0n) is 16.4. The van der Waals surface area contributed by atoms with Gasteiger partial charge in [-0.2, -0.15) is 10.4 Å². The van der Waals surface area contributed by atoms with Gasteiger partial charge < -0.3 is 10.2 Å². The van der Waals surface area contributed by atoms with Gasteiger partial charge in [0, 0.05) is 29.9 Å². The van der Waals surface area contributed by atoms with E-state index in [0.29, 0.717) is 13.0 Å². The molecule has 1 aliphatic heterocycles. The lowest BCUT2D eigenvalue weighted by atomic mass is 10.0. The number of nitrogens with zero attached hydrogens (tertiary/aromatic N) is 4. The molecule has 1 aromatic carbocycles. The molecule has 1 saturated heterocycles. The fourth-order valence-corrected chi connectivity index (χ4v) is 3.83. The predicted molar refractivity (Wildman–Crippen MR) is 109 cm³/mol. The van der Waals surface area contributed by atoms with E-state index in [-0.39, 0.29) is 0 Å². The van der Waals surface area contributed by atoms with E-state index in [0.717, 1.165) is 30.4 Å². The van der Waals surface area contributed by atoms with Crippen LogP contribution in [0.25, 0.3) is 11.3 Å². The van der Waals surface area contributed by atoms with Crippen molar-refractivity contribution in [3.05, 3.63) is 42.1 Å². The first kappa shape index (κ1) is 19.6. The molecule has 1 aromatic heterocycles. The Labute approximate surface area is 163 Å². The van der Waals surface area contributed by atoms with Gasteiger partial charge in [-0.05, 0) is 45.8 Å². The largest absolute Gasteiger partial charge is 0.312 e. The summed E-state index contributed by atoms with van der Waals surface area (Å²) in [6, 6.07) is 13.2. The van der Waals surface area contributed by atoms with E-state index in [9.17, 15) is 0 Å². The number of nitriles is 1. The number of rotatable bonds is 9. The van der Waals surface area contributed by atoms with Crippen LogP contribution in [0.4, 0.5) is 0 Å². The lowest BCUT2D eigenvalue weighted by molar-refractivity contribution is 0.159. The summed E-state index contributed by atoms with van der Waals surface area (Å²) in [7, 11) is 0. The van der Waals surface area contributed by atoms with Gasteiger partial charge in [-0.3, -0.25) is 4.68 Å². The van der Waals surface area contributed by atoms with E-state index in [1.165, 1.54) is 44.3 Å². The maximum Gasteiger partial charge on any atom is 0.0968 e. The first-order valence-electron chi connectivity index (χ1n) is 10.2. The normalized spacial score (nSPS) is 17.7. The Morgan fingerprint density at radius 3 is 2.85 bits per heavy atom. The van der Waals surface area contributed by atoms with Crippen molar-refractivity contribution in [3.8, 4) is 17.3 Å². The van der Waals surface area contributed by atoms with Crippen molar-refractivity contribution >= 4 is 0 Å². The molecule has 0 bridgehead atoms. The highest BCUT2D eigenvalue weighted by atomic mass is 15.3. The van der Waals surface area contributed by atoms with Crippen LogP contribution < -0.4 is 5.32 Å². The molecule has 1 atom stereocenters. The summed E-state index contributed by atoms with van der Waals surface area (Å²) in [4.78, 5) is 2.63. The van der Waals surface area contributed by atoms with Crippen LogP contribution in [-0.2, 0) is 13.1 Å². The Hall–Kier alpha value is -2.16. The second kappa shape index (κ2) is 10.2. The number of hydrogen-bond donors (Lipinski definition) is 1. The van der Waals surface area contributed by atoms with Crippen molar-refractivity contribution < 1.29 is 0 Å². The SMILES string of the molecule is CC1CCCCN1CCCNCc1cn(CCC#N)nc1-c1ccccc1. The zero-order valence-corrected chi connectivity index (χ0v) is 16.4. The van der Waals surface area contributed by atoms with E-state index in [2.05, 4.69) is 41.5 Å². The highest BCUT2D eigenvalue weighted by molar-refractivity contribution is 5.62. The number of likely N-dealkylation sites (tertiary alicyclic amines) is 1. The summed E-state index contributed by atoms with van der Waals surface area (Å²) in [5.74, 6) is 0. The van der Waals surface area contributed by atoms with Crippen LogP contribution in [0.3, 0.4) is 0 Å². The second-order valence-electron chi connectivity index (χ2n) is 7.45. The van der Waals surface area contributed by atoms with Crippen LogP contribution in [0.1, 0.15) is 44.6 Å². The fraction of sp³-hybridized carbons (Fsp3) is 0.545. The fourth-order valence-electron chi connectivity index (χ4n) is 3.83. The molecule has 27 heavy (non-hydrogen) atoms. The second-order valence-corrected chi connectivity index (χ2v) is 7.45. The quantitative estimate of drug-likeness (QED) is 0.687. The monoisotopic (exact) mass is 365 g/mol. The van der Waals surface area contributed by atoms with Crippen LogP contribution >= 0.6 is 0 Å². The molecule has 1 fully saturated rings. The van der Waals surface area contributed by atoms with Gasteiger partial charge in [0.1, 0.15) is 0 Å². The Morgan fingerprint density at radius 1 is 1.22 bits per heavy atom. The Kier molecular flexibility index (Phi) is 7.44. The zero-order chi connectivity index (χ0) is 18.9. The lowest BCUT2D eigenvalue weighted by Crippen LogP contribution is -2.38. The molecule has 0 amide bonds. The summed E-state index contributed by atoms with van der Waals surface area (Å²) in [6.45, 7) is 7.26. The van der Waals surface area contributed by atoms with E-state index >= 15 is 0 Å². The van der Waals surface area contributed by atoms with Crippen LogP contribution in [0, 0.1) is 11.3 Å². The molecule has 1 unspecified atom stereocenters. The topological polar surface area (TPSA) is 56.9 Å². The van der Waals surface area contributed by atoms with Crippen molar-refractivity contribution in [2.45, 2.75) is 58.2 Å². The molecular formula is C22H31N5. The van der Waals surface area contributed by atoms with E-state index in [4.69, 9.17) is 10.4 Å². The molecule has 5 heteroatoms. The minimum absolute atomic E-state index is 0.483. The third-order valence-corrected chi connectivity index (χ3v) is 5.39. The Morgan fingerprint density at radius 2 is 2.07 bits per heavy atom. The van der Waals surface area contributed by atoms with Crippen molar-refractivity contribution in [2.75, 3.05) is 19.6 Å². The van der Waals surface area contributed by atoms with Crippen LogP contribution in [0.2, 0.25) is 0 Å². The number of hydrogen-bond acceptors (Lipinski definition) is 4. The van der Waals surface area contributed by atoms with Crippen LogP contribution in [0.15, 0.2) is 36.5 Å². The summed E-state index contributed by atoms with van der Waals surface area (Å²) < 4.78 is 1.90. The van der Waals surface area contributed by atoms with Crippen LogP contribution in [-0.4, -0.2) is 40.4 Å². The van der Waals surface area contributed by atoms with Crippen molar-refractivity contribution in [2.24, 2.45) is 0 Å². The molecule has 0 spiro atoms.